The highest BCUT2D eigenvalue weighted by Crippen LogP contribution is 2.26. The predicted molar refractivity (Wildman–Crippen MR) is 119 cm³/mol. The Kier molecular flexibility index (Phi) is 5.95. The molecule has 0 unspecified atom stereocenters. The molecule has 0 saturated heterocycles. The van der Waals surface area contributed by atoms with Crippen LogP contribution in [0.4, 0.5) is 0 Å². The number of methoxy groups -OCH3 is 1. The fraction of sp³-hybridized carbons (Fsp3) is 0.0833. The molecule has 1 aliphatic rings. The number of benzene rings is 3. The fourth-order valence-corrected chi connectivity index (χ4v) is 3.15. The lowest BCUT2D eigenvalue weighted by atomic mass is 10.1. The minimum atomic E-state index is -0.497. The third-order valence-electron chi connectivity index (χ3n) is 4.48. The lowest BCUT2D eigenvalue weighted by molar-refractivity contribution is -0.129. The van der Waals surface area contributed by atoms with E-state index in [4.69, 9.17) is 14.2 Å². The summed E-state index contributed by atoms with van der Waals surface area (Å²) in [5, 5.41) is 0. The van der Waals surface area contributed by atoms with E-state index in [0.29, 0.717) is 17.9 Å². The summed E-state index contributed by atoms with van der Waals surface area (Å²) in [5.74, 6) is 1.15. The highest BCUT2D eigenvalue weighted by Gasteiger charge is 2.24. The van der Waals surface area contributed by atoms with Crippen LogP contribution in [0.2, 0.25) is 0 Å². The van der Waals surface area contributed by atoms with Crippen LogP contribution in [0.25, 0.3) is 6.08 Å². The van der Waals surface area contributed by atoms with Gasteiger partial charge >= 0.3 is 5.97 Å². The van der Waals surface area contributed by atoms with E-state index in [1.54, 1.807) is 37.5 Å². The van der Waals surface area contributed by atoms with E-state index >= 15 is 0 Å². The minimum Gasteiger partial charge on any atom is -0.497 e. The van der Waals surface area contributed by atoms with Gasteiger partial charge in [0, 0.05) is 15.6 Å². The Labute approximate surface area is 182 Å². The summed E-state index contributed by atoms with van der Waals surface area (Å²) in [7, 11) is 1.60. The minimum absolute atomic E-state index is 0.223. The summed E-state index contributed by atoms with van der Waals surface area (Å²) in [6.45, 7) is 0.415. The first-order valence-electron chi connectivity index (χ1n) is 9.25. The molecule has 0 saturated carbocycles. The van der Waals surface area contributed by atoms with Gasteiger partial charge in [-0.3, -0.25) is 0 Å². The standard InChI is InChI=1S/C24H18BrNO4/c1-28-20-12-8-17(9-13-20)23-26-21(24(27)30-23)14-18-4-2-3-5-22(18)29-15-16-6-10-19(25)11-7-16/h2-14H,15H2,1H3. The molecule has 4 rings (SSSR count). The maximum atomic E-state index is 12.3. The third kappa shape index (κ3) is 4.60. The third-order valence-corrected chi connectivity index (χ3v) is 5.00. The van der Waals surface area contributed by atoms with Crippen molar-refractivity contribution in [3.05, 3.63) is 99.7 Å². The summed E-state index contributed by atoms with van der Waals surface area (Å²) < 4.78 is 17.5. The zero-order chi connectivity index (χ0) is 20.9. The van der Waals surface area contributed by atoms with E-state index < -0.39 is 5.97 Å². The first kappa shape index (κ1) is 19.9. The van der Waals surface area contributed by atoms with Crippen LogP contribution in [0.3, 0.4) is 0 Å². The van der Waals surface area contributed by atoms with Gasteiger partial charge in [0.15, 0.2) is 5.70 Å². The molecule has 0 N–H and O–H groups in total. The number of ether oxygens (including phenoxy) is 3. The molecular formula is C24H18BrNO4. The van der Waals surface area contributed by atoms with E-state index in [0.717, 1.165) is 21.3 Å². The summed E-state index contributed by atoms with van der Waals surface area (Å²) in [6, 6.07) is 22.6. The Morgan fingerprint density at radius 3 is 2.47 bits per heavy atom. The number of carbonyl (C=O) groups excluding carboxylic acids is 1. The van der Waals surface area contributed by atoms with Crippen LogP contribution >= 0.6 is 15.9 Å². The molecule has 30 heavy (non-hydrogen) atoms. The van der Waals surface area contributed by atoms with E-state index in [-0.39, 0.29) is 11.6 Å². The van der Waals surface area contributed by atoms with Crippen LogP contribution in [-0.2, 0) is 16.1 Å². The van der Waals surface area contributed by atoms with Crippen LogP contribution in [0, 0.1) is 0 Å². The summed E-state index contributed by atoms with van der Waals surface area (Å²) in [5.41, 5.74) is 2.72. The predicted octanol–water partition coefficient (Wildman–Crippen LogP) is 5.38. The van der Waals surface area contributed by atoms with Gasteiger partial charge in [-0.1, -0.05) is 46.3 Å². The molecular weight excluding hydrogens is 446 g/mol. The second kappa shape index (κ2) is 8.97. The van der Waals surface area contributed by atoms with Gasteiger partial charge in [0.2, 0.25) is 5.90 Å². The topological polar surface area (TPSA) is 57.1 Å². The quantitative estimate of drug-likeness (QED) is 0.363. The Morgan fingerprint density at radius 2 is 1.73 bits per heavy atom. The van der Waals surface area contributed by atoms with Gasteiger partial charge in [-0.2, -0.15) is 0 Å². The van der Waals surface area contributed by atoms with Gasteiger partial charge in [-0.05, 0) is 54.1 Å². The number of hydrogen-bond donors (Lipinski definition) is 0. The number of aliphatic imine (C=N–C) groups is 1. The molecule has 0 atom stereocenters. The molecule has 0 radical (unpaired) electrons. The van der Waals surface area contributed by atoms with Gasteiger partial charge in [0.25, 0.3) is 0 Å². The van der Waals surface area contributed by atoms with Crippen LogP contribution in [0.5, 0.6) is 11.5 Å². The molecule has 6 heteroatoms. The number of carbonyl (C=O) groups is 1. The molecule has 150 valence electrons. The van der Waals surface area contributed by atoms with Crippen molar-refractivity contribution in [2.45, 2.75) is 6.61 Å². The average Bonchev–Trinajstić information content (AvgIpc) is 3.14. The molecule has 1 heterocycles. The van der Waals surface area contributed by atoms with E-state index in [2.05, 4.69) is 20.9 Å². The summed E-state index contributed by atoms with van der Waals surface area (Å²) in [4.78, 5) is 16.7. The molecule has 5 nitrogen and oxygen atoms in total. The van der Waals surface area contributed by atoms with E-state index in [9.17, 15) is 4.79 Å². The van der Waals surface area contributed by atoms with Gasteiger partial charge in [-0.25, -0.2) is 9.79 Å². The number of para-hydroxylation sites is 1. The van der Waals surface area contributed by atoms with Crippen molar-refractivity contribution >= 4 is 33.9 Å². The summed E-state index contributed by atoms with van der Waals surface area (Å²) in [6.07, 6.45) is 1.68. The lowest BCUT2D eigenvalue weighted by Crippen LogP contribution is -2.05. The highest BCUT2D eigenvalue weighted by molar-refractivity contribution is 9.10. The van der Waals surface area contributed by atoms with Crippen LogP contribution in [0.15, 0.2) is 88.0 Å². The fourth-order valence-electron chi connectivity index (χ4n) is 2.89. The first-order valence-corrected chi connectivity index (χ1v) is 10.0. The van der Waals surface area contributed by atoms with Crippen LogP contribution in [-0.4, -0.2) is 19.0 Å². The maximum absolute atomic E-state index is 12.3. The Hall–Kier alpha value is -3.38. The normalized spacial score (nSPS) is 14.4. The smallest absolute Gasteiger partial charge is 0.363 e. The van der Waals surface area contributed by atoms with Gasteiger partial charge in [-0.15, -0.1) is 0 Å². The first-order chi connectivity index (χ1) is 14.6. The second-order valence-corrected chi connectivity index (χ2v) is 7.43. The van der Waals surface area contributed by atoms with E-state index in [1.807, 2.05) is 48.5 Å². The maximum Gasteiger partial charge on any atom is 0.363 e. The number of halogens is 1. The number of cyclic esters (lactones) is 1. The SMILES string of the molecule is COc1ccc(C2=NC(=Cc3ccccc3OCc3ccc(Br)cc3)C(=O)O2)cc1. The molecule has 0 fully saturated rings. The number of esters is 1. The second-order valence-electron chi connectivity index (χ2n) is 6.52. The summed E-state index contributed by atoms with van der Waals surface area (Å²) >= 11 is 3.43. The zero-order valence-corrected chi connectivity index (χ0v) is 17.8. The van der Waals surface area contributed by atoms with Crippen molar-refractivity contribution in [1.29, 1.82) is 0 Å². The molecule has 0 aromatic heterocycles. The molecule has 0 aliphatic carbocycles. The van der Waals surface area contributed by atoms with E-state index in [1.165, 1.54) is 0 Å². The molecule has 3 aromatic rings. The van der Waals surface area contributed by atoms with Crippen molar-refractivity contribution in [1.82, 2.24) is 0 Å². The Bertz CT molecular complexity index is 1120. The Balaban J connectivity index is 1.55. The lowest BCUT2D eigenvalue weighted by Gasteiger charge is -2.09. The molecule has 0 spiro atoms. The van der Waals surface area contributed by atoms with Crippen molar-refractivity contribution in [2.75, 3.05) is 7.11 Å². The largest absolute Gasteiger partial charge is 0.497 e. The van der Waals surface area contributed by atoms with Crippen molar-refractivity contribution < 1.29 is 19.0 Å². The number of rotatable bonds is 6. The molecule has 1 aliphatic heterocycles. The monoisotopic (exact) mass is 463 g/mol. The molecule has 3 aromatic carbocycles. The van der Waals surface area contributed by atoms with Gasteiger partial charge in [0.1, 0.15) is 18.1 Å². The molecule has 0 bridgehead atoms. The zero-order valence-electron chi connectivity index (χ0n) is 16.2. The van der Waals surface area contributed by atoms with Gasteiger partial charge in [0.05, 0.1) is 7.11 Å². The van der Waals surface area contributed by atoms with Crippen molar-refractivity contribution in [3.8, 4) is 11.5 Å². The number of hydrogen-bond acceptors (Lipinski definition) is 5. The highest BCUT2D eigenvalue weighted by atomic mass is 79.9. The van der Waals surface area contributed by atoms with Crippen molar-refractivity contribution in [3.63, 3.8) is 0 Å². The van der Waals surface area contributed by atoms with Crippen LogP contribution in [0.1, 0.15) is 16.7 Å². The molecule has 0 amide bonds. The average molecular weight is 464 g/mol. The van der Waals surface area contributed by atoms with Crippen LogP contribution < -0.4 is 9.47 Å². The van der Waals surface area contributed by atoms with Gasteiger partial charge < -0.3 is 14.2 Å². The van der Waals surface area contributed by atoms with Crippen molar-refractivity contribution in [2.24, 2.45) is 4.99 Å². The Morgan fingerprint density at radius 1 is 1.00 bits per heavy atom. The number of nitrogens with zero attached hydrogens (tertiary/aromatic N) is 1.